The van der Waals surface area contributed by atoms with E-state index in [2.05, 4.69) is 31.2 Å². The second-order valence-corrected chi connectivity index (χ2v) is 4.56. The molecule has 0 atom stereocenters. The van der Waals surface area contributed by atoms with E-state index < -0.39 is 10.6 Å². The minimum absolute atomic E-state index is 0.0682. The number of nitrogens with zero attached hydrogens (tertiary/aromatic N) is 4. The van der Waals surface area contributed by atoms with Gasteiger partial charge in [-0.2, -0.15) is 5.26 Å². The van der Waals surface area contributed by atoms with Gasteiger partial charge in [-0.15, -0.1) is 0 Å². The van der Waals surface area contributed by atoms with Gasteiger partial charge in [0.15, 0.2) is 0 Å². The molecular formula is C11H7BrN6O2. The maximum Gasteiger partial charge on any atom is 0.353 e. The number of nitriles is 1. The molecule has 0 bridgehead atoms. The van der Waals surface area contributed by atoms with Gasteiger partial charge in [0, 0.05) is 4.47 Å². The number of hydrogen-bond donors (Lipinski definition) is 2. The molecule has 3 N–H and O–H groups in total. The van der Waals surface area contributed by atoms with Crippen LogP contribution in [-0.2, 0) is 0 Å². The van der Waals surface area contributed by atoms with Gasteiger partial charge in [0.2, 0.25) is 11.6 Å². The van der Waals surface area contributed by atoms with Crippen molar-refractivity contribution in [2.24, 2.45) is 0 Å². The Bertz CT molecular complexity index is 727. The molecule has 0 aliphatic heterocycles. The SMILES string of the molecule is N#Cc1cc(Br)ccc1Nc1ncnc(N)c1[N+](=O)[O-]. The summed E-state index contributed by atoms with van der Waals surface area (Å²) in [5, 5.41) is 22.8. The topological polar surface area (TPSA) is 131 Å². The third-order valence-electron chi connectivity index (χ3n) is 2.39. The monoisotopic (exact) mass is 334 g/mol. The first-order valence-corrected chi connectivity index (χ1v) is 6.03. The van der Waals surface area contributed by atoms with E-state index in [1.54, 1.807) is 18.2 Å². The minimum atomic E-state index is -0.678. The van der Waals surface area contributed by atoms with E-state index in [1.165, 1.54) is 0 Å². The lowest BCUT2D eigenvalue weighted by atomic mass is 10.2. The van der Waals surface area contributed by atoms with Gasteiger partial charge in [-0.05, 0) is 18.2 Å². The molecule has 9 heteroatoms. The standard InChI is InChI=1S/C11H7BrN6O2/c12-7-1-2-8(6(3-7)4-13)17-11-9(18(19)20)10(14)15-5-16-11/h1-3,5H,(H3,14,15,16,17). The Morgan fingerprint density at radius 3 is 2.85 bits per heavy atom. The van der Waals surface area contributed by atoms with E-state index in [0.717, 1.165) is 10.8 Å². The number of halogens is 1. The third-order valence-corrected chi connectivity index (χ3v) is 2.88. The van der Waals surface area contributed by atoms with Crippen molar-refractivity contribution in [2.45, 2.75) is 0 Å². The van der Waals surface area contributed by atoms with Crippen LogP contribution in [0.2, 0.25) is 0 Å². The highest BCUT2D eigenvalue weighted by Gasteiger charge is 2.21. The lowest BCUT2D eigenvalue weighted by Gasteiger charge is -2.08. The molecule has 0 spiro atoms. The van der Waals surface area contributed by atoms with E-state index in [-0.39, 0.29) is 11.6 Å². The second-order valence-electron chi connectivity index (χ2n) is 3.64. The van der Waals surface area contributed by atoms with Crippen molar-refractivity contribution < 1.29 is 4.92 Å². The first-order chi connectivity index (χ1) is 9.52. The summed E-state index contributed by atoms with van der Waals surface area (Å²) in [6, 6.07) is 6.86. The highest BCUT2D eigenvalue weighted by Crippen LogP contribution is 2.30. The summed E-state index contributed by atoms with van der Waals surface area (Å²) < 4.78 is 0.719. The number of nitrogens with two attached hydrogens (primary N) is 1. The number of anilines is 3. The van der Waals surface area contributed by atoms with Crippen LogP contribution >= 0.6 is 15.9 Å². The van der Waals surface area contributed by atoms with Crippen molar-refractivity contribution in [1.82, 2.24) is 9.97 Å². The van der Waals surface area contributed by atoms with Crippen LogP contribution in [0.1, 0.15) is 5.56 Å². The maximum absolute atomic E-state index is 11.0. The molecule has 2 rings (SSSR count). The highest BCUT2D eigenvalue weighted by atomic mass is 79.9. The molecule has 20 heavy (non-hydrogen) atoms. The molecule has 0 saturated heterocycles. The summed E-state index contributed by atoms with van der Waals surface area (Å²) in [7, 11) is 0. The Morgan fingerprint density at radius 2 is 2.20 bits per heavy atom. The van der Waals surface area contributed by atoms with Crippen LogP contribution in [0.15, 0.2) is 29.0 Å². The fourth-order valence-corrected chi connectivity index (χ4v) is 1.87. The summed E-state index contributed by atoms with van der Waals surface area (Å²) in [4.78, 5) is 17.7. The quantitative estimate of drug-likeness (QED) is 0.650. The zero-order valence-corrected chi connectivity index (χ0v) is 11.5. The van der Waals surface area contributed by atoms with Crippen LogP contribution in [-0.4, -0.2) is 14.9 Å². The predicted molar refractivity (Wildman–Crippen MR) is 75.2 cm³/mol. The van der Waals surface area contributed by atoms with Crippen molar-refractivity contribution in [1.29, 1.82) is 5.26 Å². The van der Waals surface area contributed by atoms with Crippen LogP contribution in [0.25, 0.3) is 0 Å². The maximum atomic E-state index is 11.0. The summed E-state index contributed by atoms with van der Waals surface area (Å²) >= 11 is 3.24. The highest BCUT2D eigenvalue weighted by molar-refractivity contribution is 9.10. The van der Waals surface area contributed by atoms with Gasteiger partial charge in [0.05, 0.1) is 16.2 Å². The molecule has 0 radical (unpaired) electrons. The van der Waals surface area contributed by atoms with Crippen LogP contribution in [0.3, 0.4) is 0 Å². The Labute approximate surface area is 121 Å². The molecule has 2 aromatic rings. The lowest BCUT2D eigenvalue weighted by Crippen LogP contribution is -2.05. The molecule has 8 nitrogen and oxygen atoms in total. The molecule has 0 saturated carbocycles. The summed E-state index contributed by atoms with van der Waals surface area (Å²) in [6.45, 7) is 0. The van der Waals surface area contributed by atoms with Crippen molar-refractivity contribution in [3.8, 4) is 6.07 Å². The van der Waals surface area contributed by atoms with Gasteiger partial charge in [0.25, 0.3) is 0 Å². The number of benzene rings is 1. The normalized spacial score (nSPS) is 9.80. The Kier molecular flexibility index (Phi) is 3.76. The van der Waals surface area contributed by atoms with Crippen molar-refractivity contribution >= 4 is 38.9 Å². The average molecular weight is 335 g/mol. The molecule has 0 aliphatic rings. The van der Waals surface area contributed by atoms with E-state index in [9.17, 15) is 10.1 Å². The summed E-state index contributed by atoms with van der Waals surface area (Å²) in [6.07, 6.45) is 1.11. The van der Waals surface area contributed by atoms with E-state index in [0.29, 0.717) is 11.3 Å². The average Bonchev–Trinajstić information content (AvgIpc) is 2.40. The Balaban J connectivity index is 2.49. The summed E-state index contributed by atoms with van der Waals surface area (Å²) in [5.74, 6) is -0.315. The fourth-order valence-electron chi connectivity index (χ4n) is 1.51. The molecule has 0 fully saturated rings. The first-order valence-electron chi connectivity index (χ1n) is 5.24. The van der Waals surface area contributed by atoms with E-state index in [4.69, 9.17) is 11.0 Å². The second kappa shape index (κ2) is 5.50. The molecule has 100 valence electrons. The predicted octanol–water partition coefficient (Wildman–Crippen LogP) is 2.34. The molecule has 0 amide bonds. The Hall–Kier alpha value is -2.73. The number of nitrogen functional groups attached to an aromatic ring is 1. The Morgan fingerprint density at radius 1 is 1.45 bits per heavy atom. The lowest BCUT2D eigenvalue weighted by molar-refractivity contribution is -0.383. The molecular weight excluding hydrogens is 328 g/mol. The molecule has 0 unspecified atom stereocenters. The van der Waals surface area contributed by atoms with Gasteiger partial charge in [-0.1, -0.05) is 15.9 Å². The van der Waals surface area contributed by atoms with Gasteiger partial charge in [-0.3, -0.25) is 10.1 Å². The van der Waals surface area contributed by atoms with Gasteiger partial charge < -0.3 is 11.1 Å². The zero-order chi connectivity index (χ0) is 14.7. The van der Waals surface area contributed by atoms with Crippen LogP contribution < -0.4 is 11.1 Å². The van der Waals surface area contributed by atoms with E-state index >= 15 is 0 Å². The van der Waals surface area contributed by atoms with Crippen molar-refractivity contribution in [3.05, 3.63) is 44.7 Å². The van der Waals surface area contributed by atoms with Crippen LogP contribution in [0, 0.1) is 21.4 Å². The van der Waals surface area contributed by atoms with Crippen LogP contribution in [0.5, 0.6) is 0 Å². The number of aromatic nitrogens is 2. The van der Waals surface area contributed by atoms with Gasteiger partial charge >= 0.3 is 5.69 Å². The number of nitro groups is 1. The largest absolute Gasteiger partial charge is 0.378 e. The molecule has 1 aromatic carbocycles. The molecule has 1 heterocycles. The first kappa shape index (κ1) is 13.7. The number of rotatable bonds is 3. The number of nitrogens with one attached hydrogen (secondary N) is 1. The summed E-state index contributed by atoms with van der Waals surface area (Å²) in [5.41, 5.74) is 5.73. The van der Waals surface area contributed by atoms with Crippen LogP contribution in [0.4, 0.5) is 23.0 Å². The minimum Gasteiger partial charge on any atom is -0.378 e. The zero-order valence-electron chi connectivity index (χ0n) is 9.87. The third kappa shape index (κ3) is 2.65. The van der Waals surface area contributed by atoms with Crippen molar-refractivity contribution in [2.75, 3.05) is 11.1 Å². The van der Waals surface area contributed by atoms with Crippen molar-refractivity contribution in [3.63, 3.8) is 0 Å². The van der Waals surface area contributed by atoms with Gasteiger partial charge in [-0.25, -0.2) is 9.97 Å². The van der Waals surface area contributed by atoms with Gasteiger partial charge in [0.1, 0.15) is 12.4 Å². The fraction of sp³-hybridized carbons (Fsp3) is 0. The number of hydrogen-bond acceptors (Lipinski definition) is 7. The smallest absolute Gasteiger partial charge is 0.353 e. The van der Waals surface area contributed by atoms with E-state index in [1.807, 2.05) is 6.07 Å². The molecule has 0 aliphatic carbocycles. The molecule has 1 aromatic heterocycles.